The number of ether oxygens (including phenoxy) is 2. The molecular weight excluding hydrogens is 423 g/mol. The minimum absolute atomic E-state index is 0.181. The van der Waals surface area contributed by atoms with Gasteiger partial charge in [0.15, 0.2) is 5.75 Å². The lowest BCUT2D eigenvalue weighted by molar-refractivity contribution is 0.0520. The molecule has 1 unspecified atom stereocenters. The molecular formula is C17H19IN2O4. The molecule has 1 aromatic heterocycles. The molecule has 1 amide bonds. The smallest absolute Gasteiger partial charge is 0.354 e. The van der Waals surface area contributed by atoms with Crippen LogP contribution in [0.3, 0.4) is 0 Å². The molecule has 7 heteroatoms. The molecule has 0 fully saturated rings. The van der Waals surface area contributed by atoms with Gasteiger partial charge in [0.25, 0.3) is 5.91 Å². The number of aromatic nitrogens is 1. The van der Waals surface area contributed by atoms with Crippen molar-refractivity contribution in [2.24, 2.45) is 0 Å². The third-order valence-electron chi connectivity index (χ3n) is 3.37. The number of rotatable bonds is 6. The van der Waals surface area contributed by atoms with E-state index in [-0.39, 0.29) is 30.0 Å². The van der Waals surface area contributed by atoms with Crippen LogP contribution < -0.4 is 10.1 Å². The zero-order valence-electron chi connectivity index (χ0n) is 13.7. The predicted octanol–water partition coefficient (Wildman–Crippen LogP) is 3.30. The molecule has 1 heterocycles. The summed E-state index contributed by atoms with van der Waals surface area (Å²) in [7, 11) is 1.51. The first-order valence-corrected chi connectivity index (χ1v) is 8.58. The molecule has 0 aliphatic carbocycles. The number of hydrogen-bond donors (Lipinski definition) is 2. The van der Waals surface area contributed by atoms with Crippen LogP contribution in [0, 0.1) is 3.57 Å². The van der Waals surface area contributed by atoms with E-state index in [1.807, 2.05) is 31.2 Å². The van der Waals surface area contributed by atoms with Crippen LogP contribution in [0.4, 0.5) is 0 Å². The summed E-state index contributed by atoms with van der Waals surface area (Å²) >= 11 is 2.23. The summed E-state index contributed by atoms with van der Waals surface area (Å²) in [5, 5.41) is 2.52. The van der Waals surface area contributed by atoms with Crippen molar-refractivity contribution < 1.29 is 19.1 Å². The Morgan fingerprint density at radius 2 is 1.96 bits per heavy atom. The van der Waals surface area contributed by atoms with Crippen molar-refractivity contribution in [3.8, 4) is 5.75 Å². The third kappa shape index (κ3) is 4.28. The van der Waals surface area contributed by atoms with E-state index in [4.69, 9.17) is 9.47 Å². The average molecular weight is 442 g/mol. The van der Waals surface area contributed by atoms with Gasteiger partial charge in [-0.05, 0) is 54.1 Å². The highest BCUT2D eigenvalue weighted by molar-refractivity contribution is 14.1. The number of amides is 1. The maximum Gasteiger partial charge on any atom is 0.354 e. The number of aromatic amines is 1. The standard InChI is InChI=1S/C17H19IN2O4/c1-4-23-17(22)13-9-14(15(20-13)16(21)19-3)24-10(2)11-5-7-12(18)8-6-11/h5-10,20H,4H2,1-3H3,(H,19,21). The Balaban J connectivity index is 2.28. The number of esters is 1. The second-order valence-electron chi connectivity index (χ2n) is 5.03. The minimum Gasteiger partial charge on any atom is -0.484 e. The molecule has 0 aliphatic heterocycles. The number of carbonyl (C=O) groups is 2. The Bertz CT molecular complexity index is 725. The lowest BCUT2D eigenvalue weighted by atomic mass is 10.1. The minimum atomic E-state index is -0.528. The van der Waals surface area contributed by atoms with Gasteiger partial charge in [0.2, 0.25) is 0 Å². The van der Waals surface area contributed by atoms with E-state index < -0.39 is 5.97 Å². The second-order valence-corrected chi connectivity index (χ2v) is 6.28. The van der Waals surface area contributed by atoms with Gasteiger partial charge in [0.1, 0.15) is 17.5 Å². The molecule has 128 valence electrons. The van der Waals surface area contributed by atoms with E-state index in [9.17, 15) is 9.59 Å². The van der Waals surface area contributed by atoms with Gasteiger partial charge in [0, 0.05) is 16.7 Å². The molecule has 1 aromatic carbocycles. The molecule has 2 rings (SSSR count). The van der Waals surface area contributed by atoms with Gasteiger partial charge in [-0.1, -0.05) is 12.1 Å². The Morgan fingerprint density at radius 3 is 2.54 bits per heavy atom. The van der Waals surface area contributed by atoms with E-state index in [0.29, 0.717) is 5.75 Å². The average Bonchev–Trinajstić information content (AvgIpc) is 2.99. The summed E-state index contributed by atoms with van der Waals surface area (Å²) in [6, 6.07) is 9.38. The summed E-state index contributed by atoms with van der Waals surface area (Å²) in [4.78, 5) is 26.7. The first-order valence-electron chi connectivity index (χ1n) is 7.50. The molecule has 0 radical (unpaired) electrons. The first-order chi connectivity index (χ1) is 11.5. The van der Waals surface area contributed by atoms with Crippen LogP contribution in [0.1, 0.15) is 46.5 Å². The molecule has 6 nitrogen and oxygen atoms in total. The summed E-state index contributed by atoms with van der Waals surface area (Å²) in [6.07, 6.45) is -0.281. The zero-order valence-corrected chi connectivity index (χ0v) is 15.8. The van der Waals surface area contributed by atoms with Crippen molar-refractivity contribution in [1.29, 1.82) is 0 Å². The normalized spacial score (nSPS) is 11.7. The quantitative estimate of drug-likeness (QED) is 0.532. The fourth-order valence-corrected chi connectivity index (χ4v) is 2.49. The number of carbonyl (C=O) groups excluding carboxylic acids is 2. The SMILES string of the molecule is CCOC(=O)c1cc(OC(C)c2ccc(I)cc2)c(C(=O)NC)[nH]1. The molecule has 0 aliphatic rings. The number of hydrogen-bond acceptors (Lipinski definition) is 4. The number of nitrogens with one attached hydrogen (secondary N) is 2. The first kappa shape index (κ1) is 18.3. The molecule has 24 heavy (non-hydrogen) atoms. The summed E-state index contributed by atoms with van der Waals surface area (Å²) in [5.41, 5.74) is 1.34. The number of H-pyrrole nitrogens is 1. The molecule has 2 aromatic rings. The molecule has 0 spiro atoms. The van der Waals surface area contributed by atoms with Crippen molar-refractivity contribution in [2.75, 3.05) is 13.7 Å². The summed E-state index contributed by atoms with van der Waals surface area (Å²) in [6.45, 7) is 3.85. The number of halogens is 1. The van der Waals surface area contributed by atoms with Crippen molar-refractivity contribution in [1.82, 2.24) is 10.3 Å². The van der Waals surface area contributed by atoms with Gasteiger partial charge in [0.05, 0.1) is 6.61 Å². The Morgan fingerprint density at radius 1 is 1.29 bits per heavy atom. The fraction of sp³-hybridized carbons (Fsp3) is 0.294. The highest BCUT2D eigenvalue weighted by Crippen LogP contribution is 2.27. The maximum atomic E-state index is 12.0. The summed E-state index contributed by atoms with van der Waals surface area (Å²) < 4.78 is 12.0. The highest BCUT2D eigenvalue weighted by atomic mass is 127. The van der Waals surface area contributed by atoms with Crippen molar-refractivity contribution in [2.45, 2.75) is 20.0 Å². The predicted molar refractivity (Wildman–Crippen MR) is 98.3 cm³/mol. The van der Waals surface area contributed by atoms with Gasteiger partial charge in [-0.2, -0.15) is 0 Å². The van der Waals surface area contributed by atoms with E-state index in [2.05, 4.69) is 32.9 Å². The lowest BCUT2D eigenvalue weighted by Gasteiger charge is -2.15. The highest BCUT2D eigenvalue weighted by Gasteiger charge is 2.22. The van der Waals surface area contributed by atoms with Gasteiger partial charge in [-0.3, -0.25) is 4.79 Å². The largest absolute Gasteiger partial charge is 0.484 e. The van der Waals surface area contributed by atoms with Crippen LogP contribution in [0.15, 0.2) is 30.3 Å². The van der Waals surface area contributed by atoms with Crippen molar-refractivity contribution >= 4 is 34.5 Å². The molecule has 0 bridgehead atoms. The Kier molecular flexibility index (Phi) is 6.24. The van der Waals surface area contributed by atoms with Gasteiger partial charge in [-0.15, -0.1) is 0 Å². The van der Waals surface area contributed by atoms with Crippen molar-refractivity contribution in [3.63, 3.8) is 0 Å². The van der Waals surface area contributed by atoms with E-state index in [1.54, 1.807) is 6.92 Å². The van der Waals surface area contributed by atoms with Gasteiger partial charge in [-0.25, -0.2) is 4.79 Å². The Hall–Kier alpha value is -2.03. The summed E-state index contributed by atoms with van der Waals surface area (Å²) in [5.74, 6) is -0.585. The van der Waals surface area contributed by atoms with E-state index >= 15 is 0 Å². The van der Waals surface area contributed by atoms with E-state index in [0.717, 1.165) is 9.13 Å². The van der Waals surface area contributed by atoms with Crippen LogP contribution in [0.25, 0.3) is 0 Å². The van der Waals surface area contributed by atoms with Gasteiger partial charge >= 0.3 is 5.97 Å². The molecule has 1 atom stereocenters. The van der Waals surface area contributed by atoms with Crippen LogP contribution in [-0.4, -0.2) is 30.5 Å². The Labute approximate surface area is 154 Å². The second kappa shape index (κ2) is 8.18. The van der Waals surface area contributed by atoms with Crippen molar-refractivity contribution in [3.05, 3.63) is 50.9 Å². The van der Waals surface area contributed by atoms with E-state index in [1.165, 1.54) is 13.1 Å². The fourth-order valence-electron chi connectivity index (χ4n) is 2.13. The molecule has 0 saturated carbocycles. The maximum absolute atomic E-state index is 12.0. The zero-order chi connectivity index (χ0) is 17.7. The number of benzene rings is 1. The monoisotopic (exact) mass is 442 g/mol. The molecule has 2 N–H and O–H groups in total. The third-order valence-corrected chi connectivity index (χ3v) is 4.09. The van der Waals surface area contributed by atoms with Crippen LogP contribution in [-0.2, 0) is 4.74 Å². The van der Waals surface area contributed by atoms with Gasteiger partial charge < -0.3 is 19.8 Å². The van der Waals surface area contributed by atoms with Crippen LogP contribution >= 0.6 is 22.6 Å². The molecule has 0 saturated heterocycles. The van der Waals surface area contributed by atoms with Crippen LogP contribution in [0.2, 0.25) is 0 Å². The van der Waals surface area contributed by atoms with Crippen LogP contribution in [0.5, 0.6) is 5.75 Å². The lowest BCUT2D eigenvalue weighted by Crippen LogP contribution is -2.20. The topological polar surface area (TPSA) is 80.4 Å².